The number of nitrogens with one attached hydrogen (secondary N) is 8. The van der Waals surface area contributed by atoms with Crippen molar-refractivity contribution in [3.05, 3.63) is 16.6 Å². The molecule has 2 rings (SSSR count). The summed E-state index contributed by atoms with van der Waals surface area (Å²) in [6.07, 6.45) is 2.99. The lowest BCUT2D eigenvalue weighted by Gasteiger charge is -2.31. The van der Waals surface area contributed by atoms with Crippen LogP contribution in [0.15, 0.2) is 16.7 Å². The van der Waals surface area contributed by atoms with Crippen LogP contribution in [0.25, 0.3) is 0 Å². The molecule has 1 aliphatic heterocycles. The number of likely N-dealkylation sites (N-methyl/N-ethyl adjacent to an activating group) is 2. The molecule has 1 aromatic rings. The largest absolute Gasteiger partial charge is 0.481 e. The maximum atomic E-state index is 14.2. The number of nitrogens with two attached hydrogens (primary N) is 2. The molecule has 1 saturated heterocycles. The van der Waals surface area contributed by atoms with E-state index in [0.717, 1.165) is 4.90 Å². The van der Waals surface area contributed by atoms with Crippen LogP contribution in [0.4, 0.5) is 0 Å². The number of guanidine groups is 1. The standard InChI is InChI=1S/C50H84N14O12S/c1-11-17-32(42(69)61-40(28(7)12-2)47(74)58-33(18-15-20-55-50(51)52)49(76)64-21-16-19-36(64)45(72)54-14-4)57-43(70)35(23-38(67)68)59-48(75)41(29(8)13-3)62-46(73)39(27(5)6)60-44(71)34(22-31-24-53-26-77-31)56-37(66)25-63(10)30(9)65/h24,26-29,32-36,39-41H,11-23,25H2,1-10H3,(H,54,72)(H,56,66)(H,57,70)(H,58,74)(H,59,75)(H,60,71)(H,61,69)(H,62,73)(H,67,68)(H4,51,52,55)/t28-,29-,32-,33-,34-,35-,36-,39-,40-,41+/m0/s1. The van der Waals surface area contributed by atoms with Crippen LogP contribution in [0.2, 0.25) is 0 Å². The van der Waals surface area contributed by atoms with Crippen LogP contribution in [0, 0.1) is 17.8 Å². The van der Waals surface area contributed by atoms with Crippen molar-refractivity contribution in [1.29, 1.82) is 0 Å². The van der Waals surface area contributed by atoms with Gasteiger partial charge >= 0.3 is 5.97 Å². The third kappa shape index (κ3) is 21.9. The molecule has 77 heavy (non-hydrogen) atoms. The summed E-state index contributed by atoms with van der Waals surface area (Å²) < 4.78 is 0. The fraction of sp³-hybridized carbons (Fsp3) is 0.700. The molecule has 0 bridgehead atoms. The van der Waals surface area contributed by atoms with Gasteiger partial charge in [0.1, 0.15) is 48.3 Å². The van der Waals surface area contributed by atoms with Gasteiger partial charge in [-0.3, -0.25) is 62.7 Å². The minimum Gasteiger partial charge on any atom is -0.481 e. The zero-order chi connectivity index (χ0) is 58.1. The van der Waals surface area contributed by atoms with Gasteiger partial charge in [0.2, 0.25) is 59.1 Å². The van der Waals surface area contributed by atoms with E-state index in [2.05, 4.69) is 52.5 Å². The molecule has 0 unspecified atom stereocenters. The van der Waals surface area contributed by atoms with Gasteiger partial charge in [0.15, 0.2) is 5.96 Å². The van der Waals surface area contributed by atoms with Crippen molar-refractivity contribution in [3.63, 3.8) is 0 Å². The van der Waals surface area contributed by atoms with Gasteiger partial charge in [-0.25, -0.2) is 0 Å². The number of carbonyl (C=O) groups is 11. The van der Waals surface area contributed by atoms with Crippen LogP contribution < -0.4 is 54.0 Å². The van der Waals surface area contributed by atoms with Crippen molar-refractivity contribution < 1.29 is 57.8 Å². The molecule has 1 aromatic heterocycles. The summed E-state index contributed by atoms with van der Waals surface area (Å²) in [6.45, 7) is 15.4. The number of aromatic nitrogens is 1. The molecule has 0 radical (unpaired) electrons. The second kappa shape index (κ2) is 33.3. The monoisotopic (exact) mass is 1100 g/mol. The lowest BCUT2D eigenvalue weighted by Crippen LogP contribution is -2.62. The van der Waals surface area contributed by atoms with Gasteiger partial charge in [-0.15, -0.1) is 11.3 Å². The first-order valence-corrected chi connectivity index (χ1v) is 27.2. The van der Waals surface area contributed by atoms with Gasteiger partial charge in [-0.05, 0) is 56.8 Å². The average Bonchev–Trinajstić information content (AvgIpc) is 4.09. The van der Waals surface area contributed by atoms with Crippen molar-refractivity contribution in [2.45, 2.75) is 175 Å². The first-order chi connectivity index (χ1) is 36.3. The molecule has 10 atom stereocenters. The summed E-state index contributed by atoms with van der Waals surface area (Å²) in [5.41, 5.74) is 12.6. The Morgan fingerprint density at radius 2 is 1.30 bits per heavy atom. The minimum atomic E-state index is -1.78. The molecule has 0 aromatic carbocycles. The number of hydrogen-bond acceptors (Lipinski definition) is 14. The topological polar surface area (TPSA) is 388 Å². The lowest BCUT2D eigenvalue weighted by atomic mass is 9.95. The van der Waals surface area contributed by atoms with E-state index >= 15 is 0 Å². The van der Waals surface area contributed by atoms with Gasteiger partial charge in [0, 0.05) is 51.1 Å². The fourth-order valence-electron chi connectivity index (χ4n) is 8.30. The highest BCUT2D eigenvalue weighted by atomic mass is 32.1. The second-order valence-electron chi connectivity index (χ2n) is 19.7. The Hall–Kier alpha value is -6.93. The maximum absolute atomic E-state index is 14.2. The molecule has 432 valence electrons. The van der Waals surface area contributed by atoms with Gasteiger partial charge in [0.25, 0.3) is 0 Å². The molecular weight excluding hydrogens is 1020 g/mol. The number of nitrogens with zero attached hydrogens (tertiary/aromatic N) is 4. The highest BCUT2D eigenvalue weighted by Gasteiger charge is 2.40. The molecule has 0 aliphatic carbocycles. The predicted molar refractivity (Wildman–Crippen MR) is 287 cm³/mol. The van der Waals surface area contributed by atoms with E-state index in [1.54, 1.807) is 60.9 Å². The van der Waals surface area contributed by atoms with Crippen LogP contribution >= 0.6 is 11.3 Å². The van der Waals surface area contributed by atoms with Crippen molar-refractivity contribution >= 4 is 82.3 Å². The summed E-state index contributed by atoms with van der Waals surface area (Å²) in [5.74, 6) is -10.2. The van der Waals surface area contributed by atoms with E-state index < -0.39 is 126 Å². The first-order valence-electron chi connectivity index (χ1n) is 26.4. The molecular formula is C50H84N14O12S. The van der Waals surface area contributed by atoms with E-state index in [1.807, 2.05) is 0 Å². The number of hydrogen-bond donors (Lipinski definition) is 11. The summed E-state index contributed by atoms with van der Waals surface area (Å²) in [5, 5.41) is 31.2. The number of rotatable bonds is 33. The molecule has 1 fully saturated rings. The van der Waals surface area contributed by atoms with Crippen LogP contribution in [0.5, 0.6) is 0 Å². The maximum Gasteiger partial charge on any atom is 0.305 e. The molecule has 0 spiro atoms. The summed E-state index contributed by atoms with van der Waals surface area (Å²) in [6, 6.07) is -10.1. The summed E-state index contributed by atoms with van der Waals surface area (Å²) >= 11 is 1.24. The number of carboxylic acid groups (broad SMARTS) is 1. The summed E-state index contributed by atoms with van der Waals surface area (Å²) in [7, 11) is 1.42. The molecule has 10 amide bonds. The molecule has 26 nitrogen and oxygen atoms in total. The molecule has 13 N–H and O–H groups in total. The molecule has 27 heteroatoms. The Kier molecular flexibility index (Phi) is 28.6. The van der Waals surface area contributed by atoms with E-state index in [-0.39, 0.29) is 63.1 Å². The van der Waals surface area contributed by atoms with Gasteiger partial charge < -0.3 is 68.9 Å². The van der Waals surface area contributed by atoms with E-state index in [4.69, 9.17) is 11.5 Å². The Morgan fingerprint density at radius 3 is 1.82 bits per heavy atom. The van der Waals surface area contributed by atoms with E-state index in [0.29, 0.717) is 43.5 Å². The van der Waals surface area contributed by atoms with Crippen molar-refractivity contribution in [2.24, 2.45) is 34.2 Å². The first kappa shape index (κ1) is 66.2. The number of carbonyl (C=O) groups excluding carboxylic acids is 10. The van der Waals surface area contributed by atoms with Gasteiger partial charge in [-0.1, -0.05) is 67.7 Å². The molecule has 0 saturated carbocycles. The van der Waals surface area contributed by atoms with Crippen LogP contribution in [0.3, 0.4) is 0 Å². The molecule has 1 aliphatic rings. The molecule has 2 heterocycles. The minimum absolute atomic E-state index is 0.00594. The van der Waals surface area contributed by atoms with Crippen molar-refractivity contribution in [2.75, 3.05) is 33.2 Å². The number of carboxylic acids is 1. The number of likely N-dealkylation sites (tertiary alicyclic amines) is 1. The highest BCUT2D eigenvalue weighted by molar-refractivity contribution is 7.09. The van der Waals surface area contributed by atoms with Crippen LogP contribution in [-0.4, -0.2) is 172 Å². The van der Waals surface area contributed by atoms with Crippen LogP contribution in [0.1, 0.15) is 125 Å². The van der Waals surface area contributed by atoms with E-state index in [1.165, 1.54) is 36.4 Å². The Morgan fingerprint density at radius 1 is 0.753 bits per heavy atom. The third-order valence-electron chi connectivity index (χ3n) is 13.3. The SMILES string of the molecule is CCC[C@H](NC(=O)[C@H](CC(=O)O)NC(=O)[C@H](NC(=O)[C@@H](NC(=O)[C@H](Cc1cncs1)NC(=O)CN(C)C(C)=O)C(C)C)[C@@H](C)CC)C(=O)N[C@H](C(=O)N[C@@H](CCCN=C(N)N)C(=O)N1CCC[C@H]1C(=O)NCC)[C@@H](C)CC. The van der Waals surface area contributed by atoms with Crippen LogP contribution in [-0.2, 0) is 59.2 Å². The predicted octanol–water partition coefficient (Wildman–Crippen LogP) is -1.24. The zero-order valence-corrected chi connectivity index (χ0v) is 47.0. The Bertz CT molecular complexity index is 2210. The third-order valence-corrected chi connectivity index (χ3v) is 14.1. The van der Waals surface area contributed by atoms with Gasteiger partial charge in [-0.2, -0.15) is 0 Å². The van der Waals surface area contributed by atoms with E-state index in [9.17, 15) is 57.8 Å². The number of aliphatic imine (C=N–C) groups is 1. The Labute approximate surface area is 455 Å². The van der Waals surface area contributed by atoms with Gasteiger partial charge in [0.05, 0.1) is 18.5 Å². The second-order valence-corrected chi connectivity index (χ2v) is 20.7. The fourth-order valence-corrected chi connectivity index (χ4v) is 8.94. The van der Waals surface area contributed by atoms with Crippen molar-refractivity contribution in [1.82, 2.24) is 57.3 Å². The normalized spacial score (nSPS) is 16.6. The Balaban J connectivity index is 2.37. The number of amides is 10. The highest BCUT2D eigenvalue weighted by Crippen LogP contribution is 2.21. The zero-order valence-electron chi connectivity index (χ0n) is 46.2. The van der Waals surface area contributed by atoms with Crippen molar-refractivity contribution in [3.8, 4) is 0 Å². The number of thiazole rings is 1. The average molecular weight is 1110 g/mol. The smallest absolute Gasteiger partial charge is 0.305 e. The quantitative estimate of drug-likeness (QED) is 0.0223. The summed E-state index contributed by atoms with van der Waals surface area (Å²) in [4.78, 5) is 160. The lowest BCUT2D eigenvalue weighted by molar-refractivity contribution is -0.142. The number of aliphatic carboxylic acids is 1.